The summed E-state index contributed by atoms with van der Waals surface area (Å²) in [7, 11) is 1.64. The lowest BCUT2D eigenvalue weighted by molar-refractivity contribution is 0.0342. The Bertz CT molecular complexity index is 865. The maximum Gasteiger partial charge on any atom is 0.251 e. The van der Waals surface area contributed by atoms with Gasteiger partial charge in [0.15, 0.2) is 11.5 Å². The molecule has 6 heteroatoms. The van der Waals surface area contributed by atoms with Crippen molar-refractivity contribution in [3.8, 4) is 11.5 Å². The number of nitrogens with zero attached hydrogens (tertiary/aromatic N) is 1. The van der Waals surface area contributed by atoms with Crippen LogP contribution < -0.4 is 14.8 Å². The number of amides is 1. The Labute approximate surface area is 191 Å². The van der Waals surface area contributed by atoms with Crippen molar-refractivity contribution in [3.63, 3.8) is 0 Å². The van der Waals surface area contributed by atoms with Crippen LogP contribution in [0.4, 0.5) is 0 Å². The van der Waals surface area contributed by atoms with Crippen LogP contribution in [0, 0.1) is 0 Å². The third kappa shape index (κ3) is 6.97. The predicted molar refractivity (Wildman–Crippen MR) is 126 cm³/mol. The van der Waals surface area contributed by atoms with Gasteiger partial charge >= 0.3 is 0 Å². The highest BCUT2D eigenvalue weighted by molar-refractivity contribution is 5.94. The monoisotopic (exact) mass is 440 g/mol. The molecule has 1 N–H and O–H groups in total. The molecule has 1 aliphatic rings. The first-order valence-corrected chi connectivity index (χ1v) is 11.6. The summed E-state index contributed by atoms with van der Waals surface area (Å²) in [5.74, 6) is 1.34. The Kier molecular flexibility index (Phi) is 9.38. The van der Waals surface area contributed by atoms with Gasteiger partial charge in [0.1, 0.15) is 0 Å². The summed E-state index contributed by atoms with van der Waals surface area (Å²) in [5.41, 5.74) is 2.78. The number of nitrogens with one attached hydrogen (secondary N) is 1. The molecule has 2 aromatic carbocycles. The number of hydrogen-bond donors (Lipinski definition) is 1. The zero-order chi connectivity index (χ0) is 22.8. The molecule has 1 fully saturated rings. The highest BCUT2D eigenvalue weighted by atomic mass is 16.5. The van der Waals surface area contributed by atoms with Crippen molar-refractivity contribution < 1.29 is 19.0 Å². The van der Waals surface area contributed by atoms with E-state index >= 15 is 0 Å². The van der Waals surface area contributed by atoms with Crippen molar-refractivity contribution in [2.45, 2.75) is 45.7 Å². The van der Waals surface area contributed by atoms with E-state index in [1.807, 2.05) is 43.3 Å². The van der Waals surface area contributed by atoms with Gasteiger partial charge in [-0.15, -0.1) is 0 Å². The Morgan fingerprint density at radius 1 is 1.12 bits per heavy atom. The molecule has 0 bridgehead atoms. The third-order valence-corrected chi connectivity index (χ3v) is 5.74. The summed E-state index contributed by atoms with van der Waals surface area (Å²) in [6, 6.07) is 13.5. The summed E-state index contributed by atoms with van der Waals surface area (Å²) in [5, 5.41) is 3.11. The molecule has 1 aliphatic heterocycles. The van der Waals surface area contributed by atoms with Crippen LogP contribution in [0.25, 0.3) is 0 Å². The zero-order valence-corrected chi connectivity index (χ0v) is 19.6. The van der Waals surface area contributed by atoms with Gasteiger partial charge in [0, 0.05) is 25.2 Å². The highest BCUT2D eigenvalue weighted by Crippen LogP contribution is 2.30. The van der Waals surface area contributed by atoms with Crippen LogP contribution in [0.1, 0.15) is 60.6 Å². The van der Waals surface area contributed by atoms with E-state index in [-0.39, 0.29) is 11.9 Å². The molecule has 1 atom stereocenters. The van der Waals surface area contributed by atoms with Crippen molar-refractivity contribution in [2.75, 3.05) is 40.0 Å². The van der Waals surface area contributed by atoms with Gasteiger partial charge in [0.25, 0.3) is 5.91 Å². The minimum absolute atomic E-state index is 0.0832. The van der Waals surface area contributed by atoms with Gasteiger partial charge in [-0.1, -0.05) is 38.0 Å². The number of methoxy groups -OCH3 is 1. The predicted octanol–water partition coefficient (Wildman–Crippen LogP) is 4.59. The standard InChI is InChI=1S/C26H36N2O4/c1-4-5-6-14-32-24-11-10-22(18-25(24)30-3)20(2)27-26(29)23-9-7-8-21(17-23)19-28-12-15-31-16-13-28/h7-11,17-18,20H,4-6,12-16,19H2,1-3H3,(H,27,29). The number of carbonyl (C=O) groups excluding carboxylic acids is 1. The molecule has 0 aliphatic carbocycles. The second kappa shape index (κ2) is 12.5. The van der Waals surface area contributed by atoms with Crippen LogP contribution in [0.15, 0.2) is 42.5 Å². The Balaban J connectivity index is 1.60. The minimum atomic E-state index is -0.159. The van der Waals surface area contributed by atoms with Crippen molar-refractivity contribution in [1.82, 2.24) is 10.2 Å². The van der Waals surface area contributed by atoms with Gasteiger partial charge in [-0.25, -0.2) is 0 Å². The lowest BCUT2D eigenvalue weighted by Gasteiger charge is -2.26. The Morgan fingerprint density at radius 3 is 2.69 bits per heavy atom. The average Bonchev–Trinajstić information content (AvgIpc) is 2.82. The number of benzene rings is 2. The average molecular weight is 441 g/mol. The third-order valence-electron chi connectivity index (χ3n) is 5.74. The number of morpholine rings is 1. The van der Waals surface area contributed by atoms with Crippen LogP contribution in [0.2, 0.25) is 0 Å². The number of ether oxygens (including phenoxy) is 3. The summed E-state index contributed by atoms with van der Waals surface area (Å²) >= 11 is 0. The zero-order valence-electron chi connectivity index (χ0n) is 19.6. The van der Waals surface area contributed by atoms with Gasteiger partial charge < -0.3 is 19.5 Å². The highest BCUT2D eigenvalue weighted by Gasteiger charge is 2.16. The minimum Gasteiger partial charge on any atom is -0.493 e. The molecule has 0 spiro atoms. The van der Waals surface area contributed by atoms with Gasteiger partial charge in [-0.05, 0) is 48.7 Å². The normalized spacial score (nSPS) is 15.2. The molecule has 1 unspecified atom stereocenters. The van der Waals surface area contributed by atoms with Gasteiger partial charge in [-0.3, -0.25) is 9.69 Å². The summed E-state index contributed by atoms with van der Waals surface area (Å²) in [4.78, 5) is 15.2. The molecule has 3 rings (SSSR count). The van der Waals surface area contributed by atoms with E-state index in [0.29, 0.717) is 17.9 Å². The molecule has 32 heavy (non-hydrogen) atoms. The molecule has 0 saturated carbocycles. The molecule has 1 saturated heterocycles. The van der Waals surface area contributed by atoms with Crippen molar-refractivity contribution >= 4 is 5.91 Å². The first kappa shape index (κ1) is 24.1. The Hall–Kier alpha value is -2.57. The molecular formula is C26H36N2O4. The largest absolute Gasteiger partial charge is 0.493 e. The fraction of sp³-hybridized carbons (Fsp3) is 0.500. The van der Waals surface area contributed by atoms with Crippen LogP contribution in [0.3, 0.4) is 0 Å². The molecule has 1 heterocycles. The maximum atomic E-state index is 12.9. The van der Waals surface area contributed by atoms with Crippen LogP contribution >= 0.6 is 0 Å². The summed E-state index contributed by atoms with van der Waals surface area (Å²) in [6.07, 6.45) is 3.34. The molecule has 0 radical (unpaired) electrons. The maximum absolute atomic E-state index is 12.9. The van der Waals surface area contributed by atoms with E-state index in [2.05, 4.69) is 23.2 Å². The number of hydrogen-bond acceptors (Lipinski definition) is 5. The van der Waals surface area contributed by atoms with E-state index in [1.165, 1.54) is 0 Å². The molecule has 0 aromatic heterocycles. The molecule has 174 valence electrons. The van der Waals surface area contributed by atoms with E-state index in [0.717, 1.165) is 69.0 Å². The quantitative estimate of drug-likeness (QED) is 0.518. The molecule has 2 aromatic rings. The fourth-order valence-corrected chi connectivity index (χ4v) is 3.80. The fourth-order valence-electron chi connectivity index (χ4n) is 3.80. The molecule has 6 nitrogen and oxygen atoms in total. The number of rotatable bonds is 11. The lowest BCUT2D eigenvalue weighted by atomic mass is 10.1. The lowest BCUT2D eigenvalue weighted by Crippen LogP contribution is -2.35. The van der Waals surface area contributed by atoms with Crippen molar-refractivity contribution in [3.05, 3.63) is 59.2 Å². The van der Waals surface area contributed by atoms with E-state index < -0.39 is 0 Å². The topological polar surface area (TPSA) is 60.0 Å². The molecular weight excluding hydrogens is 404 g/mol. The SMILES string of the molecule is CCCCCOc1ccc(C(C)NC(=O)c2cccc(CN3CCOCC3)c2)cc1OC. The Morgan fingerprint density at radius 2 is 1.94 bits per heavy atom. The van der Waals surface area contributed by atoms with E-state index in [1.54, 1.807) is 7.11 Å². The van der Waals surface area contributed by atoms with Crippen molar-refractivity contribution in [1.29, 1.82) is 0 Å². The second-order valence-electron chi connectivity index (χ2n) is 8.25. The first-order valence-electron chi connectivity index (χ1n) is 11.6. The van der Waals surface area contributed by atoms with Gasteiger partial charge in [0.05, 0.1) is 33.0 Å². The summed E-state index contributed by atoms with van der Waals surface area (Å²) < 4.78 is 16.8. The number of unbranched alkanes of at least 4 members (excludes halogenated alkanes) is 2. The smallest absolute Gasteiger partial charge is 0.251 e. The number of carbonyl (C=O) groups is 1. The van der Waals surface area contributed by atoms with Crippen LogP contribution in [-0.2, 0) is 11.3 Å². The van der Waals surface area contributed by atoms with Crippen LogP contribution in [0.5, 0.6) is 11.5 Å². The van der Waals surface area contributed by atoms with Gasteiger partial charge in [0.2, 0.25) is 0 Å². The van der Waals surface area contributed by atoms with Crippen LogP contribution in [-0.4, -0.2) is 50.8 Å². The van der Waals surface area contributed by atoms with Crippen molar-refractivity contribution in [2.24, 2.45) is 0 Å². The van der Waals surface area contributed by atoms with E-state index in [4.69, 9.17) is 14.2 Å². The second-order valence-corrected chi connectivity index (χ2v) is 8.25. The van der Waals surface area contributed by atoms with Gasteiger partial charge in [-0.2, -0.15) is 0 Å². The van der Waals surface area contributed by atoms with E-state index in [9.17, 15) is 4.79 Å². The summed E-state index contributed by atoms with van der Waals surface area (Å²) in [6.45, 7) is 9.04. The molecule has 1 amide bonds. The first-order chi connectivity index (χ1) is 15.6.